The van der Waals surface area contributed by atoms with Crippen LogP contribution >= 0.6 is 15.9 Å². The summed E-state index contributed by atoms with van der Waals surface area (Å²) in [6.07, 6.45) is 2.87. The van der Waals surface area contributed by atoms with Crippen molar-refractivity contribution in [2.75, 3.05) is 26.2 Å². The van der Waals surface area contributed by atoms with Crippen LogP contribution in [-0.4, -0.2) is 63.9 Å². The van der Waals surface area contributed by atoms with E-state index in [9.17, 15) is 9.90 Å². The second-order valence-electron chi connectivity index (χ2n) is 7.57. The zero-order valence-corrected chi connectivity index (χ0v) is 16.3. The first kappa shape index (κ1) is 18.7. The maximum atomic E-state index is 11.2. The van der Waals surface area contributed by atoms with Crippen molar-refractivity contribution in [3.8, 4) is 0 Å². The number of amides is 1. The third-order valence-corrected chi connectivity index (χ3v) is 6.60. The second kappa shape index (κ2) is 7.64. The number of rotatable bonds is 3. The van der Waals surface area contributed by atoms with Gasteiger partial charge in [-0.2, -0.15) is 0 Å². The van der Waals surface area contributed by atoms with Crippen LogP contribution in [0, 0.1) is 0 Å². The SMILES string of the molecule is CC1(N2CCC(c3ccc(Br)cc3)CC2CO)CCN(C(=O)O)CC1. The molecule has 2 unspecified atom stereocenters. The number of aliphatic hydroxyl groups excluding tert-OH is 1. The van der Waals surface area contributed by atoms with Crippen molar-refractivity contribution >= 4 is 22.0 Å². The van der Waals surface area contributed by atoms with E-state index in [1.807, 2.05) is 0 Å². The van der Waals surface area contributed by atoms with E-state index >= 15 is 0 Å². The molecule has 1 aromatic rings. The number of piperidine rings is 2. The molecule has 3 rings (SSSR count). The van der Waals surface area contributed by atoms with Crippen molar-refractivity contribution in [1.82, 2.24) is 9.80 Å². The number of hydrogen-bond acceptors (Lipinski definition) is 3. The third-order valence-electron chi connectivity index (χ3n) is 6.07. The Bertz CT molecular complexity index is 599. The summed E-state index contributed by atoms with van der Waals surface area (Å²) in [5.41, 5.74) is 1.32. The summed E-state index contributed by atoms with van der Waals surface area (Å²) in [5.74, 6) is 0.476. The zero-order valence-electron chi connectivity index (χ0n) is 14.7. The Labute approximate surface area is 157 Å². The highest BCUT2D eigenvalue weighted by molar-refractivity contribution is 9.10. The lowest BCUT2D eigenvalue weighted by molar-refractivity contribution is -0.0332. The number of halogens is 1. The van der Waals surface area contributed by atoms with Gasteiger partial charge in [-0.25, -0.2) is 4.79 Å². The summed E-state index contributed by atoms with van der Waals surface area (Å²) < 4.78 is 1.09. The van der Waals surface area contributed by atoms with E-state index in [0.29, 0.717) is 19.0 Å². The summed E-state index contributed by atoms with van der Waals surface area (Å²) in [5, 5.41) is 19.2. The largest absolute Gasteiger partial charge is 0.465 e. The van der Waals surface area contributed by atoms with Crippen molar-refractivity contribution < 1.29 is 15.0 Å². The van der Waals surface area contributed by atoms with Gasteiger partial charge in [-0.3, -0.25) is 4.90 Å². The highest BCUT2D eigenvalue weighted by atomic mass is 79.9. The first-order valence-corrected chi connectivity index (χ1v) is 9.83. The molecule has 138 valence electrons. The molecule has 2 fully saturated rings. The molecule has 5 nitrogen and oxygen atoms in total. The zero-order chi connectivity index (χ0) is 18.0. The molecular formula is C19H27BrN2O3. The molecule has 2 N–H and O–H groups in total. The van der Waals surface area contributed by atoms with E-state index < -0.39 is 6.09 Å². The molecule has 0 aromatic heterocycles. The van der Waals surface area contributed by atoms with Gasteiger partial charge >= 0.3 is 6.09 Å². The topological polar surface area (TPSA) is 64.0 Å². The molecule has 2 atom stereocenters. The summed E-state index contributed by atoms with van der Waals surface area (Å²) in [4.78, 5) is 15.1. The summed E-state index contributed by atoms with van der Waals surface area (Å²) >= 11 is 3.48. The molecule has 0 bridgehead atoms. The predicted octanol–water partition coefficient (Wildman–Crippen LogP) is 3.52. The first-order valence-electron chi connectivity index (χ1n) is 9.04. The summed E-state index contributed by atoms with van der Waals surface area (Å²) in [6, 6.07) is 8.65. The van der Waals surface area contributed by atoms with Gasteiger partial charge in [0.1, 0.15) is 0 Å². The Morgan fingerprint density at radius 1 is 1.24 bits per heavy atom. The molecule has 2 aliphatic rings. The number of likely N-dealkylation sites (tertiary alicyclic amines) is 2. The number of hydrogen-bond donors (Lipinski definition) is 2. The third kappa shape index (κ3) is 4.01. The molecule has 0 spiro atoms. The fraction of sp³-hybridized carbons (Fsp3) is 0.632. The Kier molecular flexibility index (Phi) is 5.71. The van der Waals surface area contributed by atoms with Gasteiger partial charge < -0.3 is 15.1 Å². The second-order valence-corrected chi connectivity index (χ2v) is 8.48. The maximum absolute atomic E-state index is 11.2. The molecule has 6 heteroatoms. The Morgan fingerprint density at radius 3 is 2.44 bits per heavy atom. The highest BCUT2D eigenvalue weighted by Crippen LogP contribution is 2.39. The minimum atomic E-state index is -0.824. The van der Waals surface area contributed by atoms with Gasteiger partial charge in [-0.1, -0.05) is 28.1 Å². The fourth-order valence-electron chi connectivity index (χ4n) is 4.44. The Balaban J connectivity index is 1.68. The molecule has 2 aliphatic heterocycles. The van der Waals surface area contributed by atoms with E-state index in [1.165, 1.54) is 10.5 Å². The normalized spacial score (nSPS) is 27.2. The van der Waals surface area contributed by atoms with Gasteiger partial charge in [0.05, 0.1) is 6.61 Å². The molecule has 2 heterocycles. The fourth-order valence-corrected chi connectivity index (χ4v) is 4.70. The Hall–Kier alpha value is -1.11. The number of carbonyl (C=O) groups is 1. The van der Waals surface area contributed by atoms with E-state index in [2.05, 4.69) is 52.0 Å². The van der Waals surface area contributed by atoms with Crippen molar-refractivity contribution in [1.29, 1.82) is 0 Å². The molecular weight excluding hydrogens is 384 g/mol. The quantitative estimate of drug-likeness (QED) is 0.799. The van der Waals surface area contributed by atoms with Crippen molar-refractivity contribution in [3.63, 3.8) is 0 Å². The lowest BCUT2D eigenvalue weighted by Crippen LogP contribution is -2.60. The van der Waals surface area contributed by atoms with Crippen LogP contribution in [0.15, 0.2) is 28.7 Å². The highest BCUT2D eigenvalue weighted by Gasteiger charge is 2.42. The van der Waals surface area contributed by atoms with Gasteiger partial charge in [-0.05, 0) is 62.8 Å². The standard InChI is InChI=1S/C19H27BrN2O3/c1-19(7-10-21(11-8-19)18(24)25)22-9-6-15(12-17(22)13-23)14-2-4-16(20)5-3-14/h2-5,15,17,23H,6-13H2,1H3,(H,24,25). The van der Waals surface area contributed by atoms with Crippen LogP contribution in [-0.2, 0) is 0 Å². The molecule has 2 saturated heterocycles. The lowest BCUT2D eigenvalue weighted by atomic mass is 9.79. The average molecular weight is 411 g/mol. The summed E-state index contributed by atoms with van der Waals surface area (Å²) in [7, 11) is 0. The minimum Gasteiger partial charge on any atom is -0.465 e. The van der Waals surface area contributed by atoms with Crippen LogP contribution in [0.5, 0.6) is 0 Å². The van der Waals surface area contributed by atoms with Gasteiger partial charge in [-0.15, -0.1) is 0 Å². The number of benzene rings is 1. The van der Waals surface area contributed by atoms with Crippen LogP contribution in [0.4, 0.5) is 4.79 Å². The van der Waals surface area contributed by atoms with Crippen LogP contribution in [0.25, 0.3) is 0 Å². The van der Waals surface area contributed by atoms with Crippen molar-refractivity contribution in [2.24, 2.45) is 0 Å². The van der Waals surface area contributed by atoms with E-state index in [0.717, 1.165) is 36.7 Å². The number of carboxylic acid groups (broad SMARTS) is 1. The van der Waals surface area contributed by atoms with Crippen LogP contribution < -0.4 is 0 Å². The molecule has 0 aliphatic carbocycles. The van der Waals surface area contributed by atoms with Gasteiger partial charge in [0.25, 0.3) is 0 Å². The molecule has 25 heavy (non-hydrogen) atoms. The summed E-state index contributed by atoms with van der Waals surface area (Å²) in [6.45, 7) is 4.50. The smallest absolute Gasteiger partial charge is 0.407 e. The first-order chi connectivity index (χ1) is 11.9. The maximum Gasteiger partial charge on any atom is 0.407 e. The van der Waals surface area contributed by atoms with E-state index in [4.69, 9.17) is 5.11 Å². The molecule has 0 radical (unpaired) electrons. The van der Waals surface area contributed by atoms with Crippen molar-refractivity contribution in [3.05, 3.63) is 34.3 Å². The van der Waals surface area contributed by atoms with Gasteiger partial charge in [0.15, 0.2) is 0 Å². The average Bonchev–Trinajstić information content (AvgIpc) is 2.62. The monoisotopic (exact) mass is 410 g/mol. The Morgan fingerprint density at radius 2 is 1.88 bits per heavy atom. The predicted molar refractivity (Wildman–Crippen MR) is 101 cm³/mol. The number of aliphatic hydroxyl groups is 1. The lowest BCUT2D eigenvalue weighted by Gasteiger charge is -2.52. The minimum absolute atomic E-state index is 0.0238. The van der Waals surface area contributed by atoms with E-state index in [1.54, 1.807) is 0 Å². The van der Waals surface area contributed by atoms with Crippen LogP contribution in [0.3, 0.4) is 0 Å². The molecule has 0 saturated carbocycles. The van der Waals surface area contributed by atoms with Gasteiger partial charge in [0, 0.05) is 29.1 Å². The van der Waals surface area contributed by atoms with Crippen molar-refractivity contribution in [2.45, 2.75) is 50.1 Å². The molecule has 1 aromatic carbocycles. The molecule has 1 amide bonds. The van der Waals surface area contributed by atoms with Gasteiger partial charge in [0.2, 0.25) is 0 Å². The van der Waals surface area contributed by atoms with Crippen LogP contribution in [0.2, 0.25) is 0 Å². The number of nitrogens with zero attached hydrogens (tertiary/aromatic N) is 2. The van der Waals surface area contributed by atoms with Crippen LogP contribution in [0.1, 0.15) is 44.1 Å². The van der Waals surface area contributed by atoms with E-state index in [-0.39, 0.29) is 18.2 Å².